The second-order valence-corrected chi connectivity index (χ2v) is 4.76. The molecule has 0 fully saturated rings. The summed E-state index contributed by atoms with van der Waals surface area (Å²) < 4.78 is 74.5. The Hall–Kier alpha value is -1.58. The monoisotopic (exact) mass is 331 g/mol. The van der Waals surface area contributed by atoms with E-state index in [1.807, 2.05) is 0 Å². The zero-order chi connectivity index (χ0) is 16.4. The molecule has 1 aromatic heterocycles. The van der Waals surface area contributed by atoms with Crippen LogP contribution in [0.25, 0.3) is 0 Å². The fourth-order valence-corrected chi connectivity index (χ4v) is 1.72. The average Bonchev–Trinajstić information content (AvgIpc) is 2.24. The third kappa shape index (κ3) is 5.37. The molecule has 0 amide bonds. The highest BCUT2D eigenvalue weighted by Crippen LogP contribution is 2.30. The minimum atomic E-state index is -4.72. The summed E-state index contributed by atoms with van der Waals surface area (Å²) in [7, 11) is 0. The number of alkyl halides is 6. The third-order valence-corrected chi connectivity index (χ3v) is 2.59. The minimum Gasteiger partial charge on any atom is -0.389 e. The molecule has 1 heterocycles. The van der Waals surface area contributed by atoms with Crippen molar-refractivity contribution in [2.75, 3.05) is 5.32 Å². The molecule has 0 aromatic carbocycles. The van der Waals surface area contributed by atoms with Crippen LogP contribution >= 0.6 is 12.2 Å². The highest BCUT2D eigenvalue weighted by atomic mass is 32.1. The highest BCUT2D eigenvalue weighted by molar-refractivity contribution is 7.80. The molecule has 0 bridgehead atoms. The second kappa shape index (κ2) is 6.04. The third-order valence-electron chi connectivity index (χ3n) is 2.37. The van der Waals surface area contributed by atoms with E-state index in [2.05, 4.69) is 22.5 Å². The van der Waals surface area contributed by atoms with Crippen LogP contribution in [0, 0.1) is 0 Å². The number of nitrogens with two attached hydrogens (primary N) is 1. The van der Waals surface area contributed by atoms with Crippen molar-refractivity contribution in [2.24, 2.45) is 5.73 Å². The van der Waals surface area contributed by atoms with Crippen LogP contribution in [-0.2, 0) is 6.18 Å². The van der Waals surface area contributed by atoms with Gasteiger partial charge in [-0.1, -0.05) is 12.2 Å². The van der Waals surface area contributed by atoms with Gasteiger partial charge in [0.05, 0.1) is 12.0 Å². The maximum atomic E-state index is 12.6. The molecule has 21 heavy (non-hydrogen) atoms. The molecule has 1 rings (SSSR count). The molecule has 1 atom stereocenters. The number of nitrogens with zero attached hydrogens (tertiary/aromatic N) is 1. The molecule has 0 radical (unpaired) electrons. The van der Waals surface area contributed by atoms with Gasteiger partial charge in [-0.15, -0.1) is 0 Å². The normalized spacial score (nSPS) is 13.9. The Morgan fingerprint density at radius 1 is 1.29 bits per heavy atom. The standard InChI is InChI=1S/C11H11F6N3S/c1-5(4-10(12,13)14)19-9-6(8(18)21)2-3-7(20-9)11(15,16)17/h2-3,5H,4H2,1H3,(H2,18,21)(H,19,20). The van der Waals surface area contributed by atoms with Gasteiger partial charge >= 0.3 is 12.4 Å². The quantitative estimate of drug-likeness (QED) is 0.655. The SMILES string of the molecule is CC(CC(F)(F)F)Nc1nc(C(F)(F)F)ccc1C(N)=S. The highest BCUT2D eigenvalue weighted by Gasteiger charge is 2.34. The first-order valence-electron chi connectivity index (χ1n) is 5.61. The predicted molar refractivity (Wildman–Crippen MR) is 68.9 cm³/mol. The Morgan fingerprint density at radius 3 is 2.29 bits per heavy atom. The van der Waals surface area contributed by atoms with Crippen LogP contribution in [0.2, 0.25) is 0 Å². The first-order valence-corrected chi connectivity index (χ1v) is 6.02. The van der Waals surface area contributed by atoms with Crippen LogP contribution < -0.4 is 11.1 Å². The molecule has 1 unspecified atom stereocenters. The smallest absolute Gasteiger partial charge is 0.389 e. The molecule has 118 valence electrons. The van der Waals surface area contributed by atoms with E-state index in [1.165, 1.54) is 6.92 Å². The van der Waals surface area contributed by atoms with E-state index in [9.17, 15) is 26.3 Å². The van der Waals surface area contributed by atoms with Crippen molar-refractivity contribution in [1.82, 2.24) is 4.98 Å². The Bertz CT molecular complexity index is 526. The molecule has 0 aliphatic carbocycles. The van der Waals surface area contributed by atoms with E-state index in [1.54, 1.807) is 0 Å². The van der Waals surface area contributed by atoms with Crippen LogP contribution in [0.3, 0.4) is 0 Å². The van der Waals surface area contributed by atoms with Gasteiger partial charge in [0.25, 0.3) is 0 Å². The summed E-state index contributed by atoms with van der Waals surface area (Å²) in [5.74, 6) is -0.422. The van der Waals surface area contributed by atoms with Crippen molar-refractivity contribution >= 4 is 23.0 Å². The topological polar surface area (TPSA) is 50.9 Å². The van der Waals surface area contributed by atoms with Crippen molar-refractivity contribution in [3.63, 3.8) is 0 Å². The van der Waals surface area contributed by atoms with Crippen LogP contribution in [0.5, 0.6) is 0 Å². The number of anilines is 1. The van der Waals surface area contributed by atoms with E-state index < -0.39 is 36.3 Å². The van der Waals surface area contributed by atoms with Crippen LogP contribution in [-0.4, -0.2) is 22.2 Å². The van der Waals surface area contributed by atoms with Gasteiger partial charge in [0.2, 0.25) is 0 Å². The first kappa shape index (κ1) is 17.5. The molecule has 3 N–H and O–H groups in total. The van der Waals surface area contributed by atoms with Crippen molar-refractivity contribution in [2.45, 2.75) is 31.7 Å². The van der Waals surface area contributed by atoms with Gasteiger partial charge in [-0.25, -0.2) is 4.98 Å². The van der Waals surface area contributed by atoms with Gasteiger partial charge in [0.15, 0.2) is 0 Å². The summed E-state index contributed by atoms with van der Waals surface area (Å²) in [6, 6.07) is 0.448. The summed E-state index contributed by atoms with van der Waals surface area (Å²) >= 11 is 4.64. The molecule has 3 nitrogen and oxygen atoms in total. The lowest BCUT2D eigenvalue weighted by Crippen LogP contribution is -2.26. The fraction of sp³-hybridized carbons (Fsp3) is 0.455. The van der Waals surface area contributed by atoms with Crippen LogP contribution in [0.1, 0.15) is 24.6 Å². The van der Waals surface area contributed by atoms with Crippen LogP contribution in [0.15, 0.2) is 12.1 Å². The van der Waals surface area contributed by atoms with E-state index in [0.29, 0.717) is 6.07 Å². The maximum absolute atomic E-state index is 12.6. The first-order chi connectivity index (χ1) is 9.40. The molecule has 1 aromatic rings. The molecule has 0 spiro atoms. The van der Waals surface area contributed by atoms with Crippen molar-refractivity contribution in [3.05, 3.63) is 23.4 Å². The number of thiocarbonyl (C=S) groups is 1. The Morgan fingerprint density at radius 2 is 1.86 bits per heavy atom. The number of nitrogens with one attached hydrogen (secondary N) is 1. The fourth-order valence-electron chi connectivity index (χ4n) is 1.56. The van der Waals surface area contributed by atoms with E-state index in [0.717, 1.165) is 6.07 Å². The van der Waals surface area contributed by atoms with Crippen molar-refractivity contribution in [3.8, 4) is 0 Å². The van der Waals surface area contributed by atoms with Gasteiger partial charge in [-0.05, 0) is 19.1 Å². The summed E-state index contributed by atoms with van der Waals surface area (Å²) in [5, 5.41) is 2.26. The average molecular weight is 331 g/mol. The lowest BCUT2D eigenvalue weighted by molar-refractivity contribution is -0.141. The van der Waals surface area contributed by atoms with Gasteiger partial charge < -0.3 is 11.1 Å². The number of aromatic nitrogens is 1. The summed E-state index contributed by atoms with van der Waals surface area (Å²) in [6.07, 6.45) is -10.4. The number of halogens is 6. The molecular formula is C11H11F6N3S. The second-order valence-electron chi connectivity index (χ2n) is 4.32. The molecule has 10 heteroatoms. The van der Waals surface area contributed by atoms with Gasteiger partial charge in [0.1, 0.15) is 16.5 Å². The zero-order valence-electron chi connectivity index (χ0n) is 10.6. The number of rotatable bonds is 4. The van der Waals surface area contributed by atoms with Gasteiger partial charge in [0, 0.05) is 6.04 Å². The van der Waals surface area contributed by atoms with Crippen LogP contribution in [0.4, 0.5) is 32.2 Å². The molecular weight excluding hydrogens is 320 g/mol. The summed E-state index contributed by atoms with van der Waals surface area (Å²) in [4.78, 5) is 3.00. The van der Waals surface area contributed by atoms with Crippen molar-refractivity contribution < 1.29 is 26.3 Å². The van der Waals surface area contributed by atoms with E-state index >= 15 is 0 Å². The maximum Gasteiger partial charge on any atom is 0.433 e. The number of hydrogen-bond donors (Lipinski definition) is 2. The Labute approximate surface area is 121 Å². The predicted octanol–water partition coefficient (Wildman–Crippen LogP) is 3.49. The molecule has 0 aliphatic rings. The molecule has 0 saturated heterocycles. The van der Waals surface area contributed by atoms with Gasteiger partial charge in [-0.2, -0.15) is 26.3 Å². The van der Waals surface area contributed by atoms with Gasteiger partial charge in [-0.3, -0.25) is 0 Å². The summed E-state index contributed by atoms with van der Waals surface area (Å²) in [5.41, 5.74) is 4.03. The molecule has 0 aliphatic heterocycles. The Balaban J connectivity index is 3.10. The lowest BCUT2D eigenvalue weighted by atomic mass is 10.2. The van der Waals surface area contributed by atoms with E-state index in [4.69, 9.17) is 5.73 Å². The lowest BCUT2D eigenvalue weighted by Gasteiger charge is -2.19. The summed E-state index contributed by atoms with van der Waals surface area (Å²) in [6.45, 7) is 1.17. The largest absolute Gasteiger partial charge is 0.433 e. The number of pyridine rings is 1. The zero-order valence-corrected chi connectivity index (χ0v) is 11.5. The number of hydrogen-bond acceptors (Lipinski definition) is 3. The van der Waals surface area contributed by atoms with E-state index in [-0.39, 0.29) is 10.6 Å². The van der Waals surface area contributed by atoms with Crippen molar-refractivity contribution in [1.29, 1.82) is 0 Å². The minimum absolute atomic E-state index is 0.0491. The Kier molecular flexibility index (Phi) is 5.03. The molecule has 0 saturated carbocycles.